The second-order valence-corrected chi connectivity index (χ2v) is 6.66. The molecule has 0 aliphatic rings. The summed E-state index contributed by atoms with van der Waals surface area (Å²) in [6.45, 7) is 0. The number of hydrogen-bond acceptors (Lipinski definition) is 2. The average Bonchev–Trinajstić information content (AvgIpc) is 3.14. The highest BCUT2D eigenvalue weighted by Gasteiger charge is 2.16. The van der Waals surface area contributed by atoms with Gasteiger partial charge in [-0.3, -0.25) is 4.79 Å². The minimum absolute atomic E-state index is 0.152. The third kappa shape index (κ3) is 4.02. The molecule has 144 valence electrons. The predicted molar refractivity (Wildman–Crippen MR) is 108 cm³/mol. The molecule has 4 rings (SSSR count). The number of amides is 1. The Morgan fingerprint density at radius 1 is 0.931 bits per heavy atom. The molecule has 1 heterocycles. The van der Waals surface area contributed by atoms with Crippen LogP contribution < -0.4 is 5.32 Å². The van der Waals surface area contributed by atoms with Gasteiger partial charge < -0.3 is 5.32 Å². The summed E-state index contributed by atoms with van der Waals surface area (Å²) in [5.41, 5.74) is 2.06. The molecular formula is C22H14ClF2N3O. The lowest BCUT2D eigenvalue weighted by Crippen LogP contribution is -2.15. The maximum absolute atomic E-state index is 13.7. The van der Waals surface area contributed by atoms with Gasteiger partial charge in [-0.1, -0.05) is 48.0 Å². The second kappa shape index (κ2) is 7.85. The van der Waals surface area contributed by atoms with Crippen LogP contribution in [0.5, 0.6) is 0 Å². The third-order valence-electron chi connectivity index (χ3n) is 4.26. The number of anilines is 1. The summed E-state index contributed by atoms with van der Waals surface area (Å²) >= 11 is 5.78. The van der Waals surface area contributed by atoms with E-state index in [0.29, 0.717) is 17.2 Å². The number of halogens is 3. The number of nitrogens with zero attached hydrogens (tertiary/aromatic N) is 2. The standard InChI is InChI=1S/C22H14ClF2N3O/c23-18-11-15(9-10-19(18)25)22(29)26-21-13-20(14-5-2-1-3-6-14)27-28(21)17-8-4-7-16(24)12-17/h1-13H,(H,26,29). The number of benzene rings is 3. The lowest BCUT2D eigenvalue weighted by Gasteiger charge is -2.09. The molecule has 4 aromatic rings. The number of carbonyl (C=O) groups is 1. The zero-order chi connectivity index (χ0) is 20.4. The molecule has 0 saturated heterocycles. The molecule has 0 bridgehead atoms. The van der Waals surface area contributed by atoms with Gasteiger partial charge >= 0.3 is 0 Å². The molecular weight excluding hydrogens is 396 g/mol. The summed E-state index contributed by atoms with van der Waals surface area (Å²) in [4.78, 5) is 12.7. The average molecular weight is 410 g/mol. The maximum atomic E-state index is 13.7. The molecule has 7 heteroatoms. The van der Waals surface area contributed by atoms with E-state index < -0.39 is 17.5 Å². The zero-order valence-electron chi connectivity index (χ0n) is 14.9. The molecule has 0 spiro atoms. The van der Waals surface area contributed by atoms with E-state index in [0.717, 1.165) is 11.6 Å². The SMILES string of the molecule is O=C(Nc1cc(-c2ccccc2)nn1-c1cccc(F)c1)c1ccc(F)c(Cl)c1. The van der Waals surface area contributed by atoms with Crippen LogP contribution in [0.3, 0.4) is 0 Å². The van der Waals surface area contributed by atoms with Gasteiger partial charge in [0, 0.05) is 17.2 Å². The summed E-state index contributed by atoms with van der Waals surface area (Å²) in [7, 11) is 0. The molecule has 1 N–H and O–H groups in total. The monoisotopic (exact) mass is 409 g/mol. The zero-order valence-corrected chi connectivity index (χ0v) is 15.7. The second-order valence-electron chi connectivity index (χ2n) is 6.26. The quantitative estimate of drug-likeness (QED) is 0.468. The van der Waals surface area contributed by atoms with Crippen molar-refractivity contribution in [1.82, 2.24) is 9.78 Å². The van der Waals surface area contributed by atoms with Crippen molar-refractivity contribution in [3.63, 3.8) is 0 Å². The highest BCUT2D eigenvalue weighted by Crippen LogP contribution is 2.26. The van der Waals surface area contributed by atoms with E-state index in [1.807, 2.05) is 30.3 Å². The van der Waals surface area contributed by atoms with Crippen LogP contribution in [0.15, 0.2) is 78.9 Å². The van der Waals surface area contributed by atoms with Crippen LogP contribution in [0.1, 0.15) is 10.4 Å². The lowest BCUT2D eigenvalue weighted by molar-refractivity contribution is 0.102. The van der Waals surface area contributed by atoms with E-state index in [1.54, 1.807) is 18.2 Å². The highest BCUT2D eigenvalue weighted by atomic mass is 35.5. The first-order valence-electron chi connectivity index (χ1n) is 8.69. The Balaban J connectivity index is 1.75. The highest BCUT2D eigenvalue weighted by molar-refractivity contribution is 6.31. The third-order valence-corrected chi connectivity index (χ3v) is 4.54. The van der Waals surface area contributed by atoms with E-state index in [4.69, 9.17) is 11.6 Å². The first-order chi connectivity index (χ1) is 14.0. The summed E-state index contributed by atoms with van der Waals surface area (Å²) in [6.07, 6.45) is 0. The van der Waals surface area contributed by atoms with Crippen LogP contribution in [0.4, 0.5) is 14.6 Å². The van der Waals surface area contributed by atoms with Crippen LogP contribution in [-0.2, 0) is 0 Å². The topological polar surface area (TPSA) is 46.9 Å². The van der Waals surface area contributed by atoms with Crippen LogP contribution >= 0.6 is 11.6 Å². The number of nitrogens with one attached hydrogen (secondary N) is 1. The number of hydrogen-bond donors (Lipinski definition) is 1. The fourth-order valence-electron chi connectivity index (χ4n) is 2.85. The van der Waals surface area contributed by atoms with Crippen molar-refractivity contribution in [2.45, 2.75) is 0 Å². The van der Waals surface area contributed by atoms with Crippen LogP contribution in [-0.4, -0.2) is 15.7 Å². The van der Waals surface area contributed by atoms with E-state index in [-0.39, 0.29) is 10.6 Å². The van der Waals surface area contributed by atoms with Gasteiger partial charge in [0.25, 0.3) is 5.91 Å². The molecule has 0 aliphatic carbocycles. The van der Waals surface area contributed by atoms with E-state index in [1.165, 1.54) is 28.9 Å². The van der Waals surface area contributed by atoms with E-state index in [2.05, 4.69) is 10.4 Å². The van der Waals surface area contributed by atoms with Crippen molar-refractivity contribution >= 4 is 23.3 Å². The molecule has 0 radical (unpaired) electrons. The maximum Gasteiger partial charge on any atom is 0.256 e. The largest absolute Gasteiger partial charge is 0.306 e. The summed E-state index contributed by atoms with van der Waals surface area (Å²) in [6, 6.07) is 20.6. The molecule has 1 aromatic heterocycles. The van der Waals surface area contributed by atoms with Gasteiger partial charge in [-0.05, 0) is 36.4 Å². The molecule has 0 fully saturated rings. The minimum Gasteiger partial charge on any atom is -0.306 e. The molecule has 0 unspecified atom stereocenters. The smallest absolute Gasteiger partial charge is 0.256 e. The summed E-state index contributed by atoms with van der Waals surface area (Å²) < 4.78 is 28.6. The Kier molecular flexibility index (Phi) is 5.10. The fraction of sp³-hybridized carbons (Fsp3) is 0. The van der Waals surface area contributed by atoms with Crippen molar-refractivity contribution in [1.29, 1.82) is 0 Å². The fourth-order valence-corrected chi connectivity index (χ4v) is 3.03. The van der Waals surface area contributed by atoms with Crippen molar-refractivity contribution in [3.05, 3.63) is 101 Å². The van der Waals surface area contributed by atoms with Gasteiger partial charge in [0.1, 0.15) is 17.5 Å². The molecule has 3 aromatic carbocycles. The molecule has 4 nitrogen and oxygen atoms in total. The first kappa shape index (κ1) is 18.8. The Labute approximate surface area is 170 Å². The van der Waals surface area contributed by atoms with Gasteiger partial charge in [0.15, 0.2) is 0 Å². The Morgan fingerprint density at radius 2 is 1.72 bits per heavy atom. The molecule has 0 aliphatic heterocycles. The number of rotatable bonds is 4. The Bertz CT molecular complexity index is 1190. The first-order valence-corrected chi connectivity index (χ1v) is 9.07. The molecule has 29 heavy (non-hydrogen) atoms. The van der Waals surface area contributed by atoms with Crippen molar-refractivity contribution in [3.8, 4) is 16.9 Å². The predicted octanol–water partition coefficient (Wildman–Crippen LogP) is 5.72. The Morgan fingerprint density at radius 3 is 2.45 bits per heavy atom. The number of aromatic nitrogens is 2. The Hall–Kier alpha value is -3.51. The van der Waals surface area contributed by atoms with Gasteiger partial charge in [-0.25, -0.2) is 13.5 Å². The normalized spacial score (nSPS) is 10.7. The van der Waals surface area contributed by atoms with Gasteiger partial charge in [0.2, 0.25) is 0 Å². The molecule has 0 atom stereocenters. The van der Waals surface area contributed by atoms with Gasteiger partial charge in [-0.2, -0.15) is 5.10 Å². The van der Waals surface area contributed by atoms with Crippen LogP contribution in [0.25, 0.3) is 16.9 Å². The van der Waals surface area contributed by atoms with Crippen molar-refractivity contribution < 1.29 is 13.6 Å². The van der Waals surface area contributed by atoms with Crippen molar-refractivity contribution in [2.75, 3.05) is 5.32 Å². The van der Waals surface area contributed by atoms with Crippen LogP contribution in [0, 0.1) is 11.6 Å². The summed E-state index contributed by atoms with van der Waals surface area (Å²) in [5, 5.41) is 7.11. The van der Waals surface area contributed by atoms with Crippen molar-refractivity contribution in [2.24, 2.45) is 0 Å². The van der Waals surface area contributed by atoms with E-state index in [9.17, 15) is 13.6 Å². The van der Waals surface area contributed by atoms with Crippen LogP contribution in [0.2, 0.25) is 5.02 Å². The lowest BCUT2D eigenvalue weighted by atomic mass is 10.1. The molecule has 0 saturated carbocycles. The summed E-state index contributed by atoms with van der Waals surface area (Å²) in [5.74, 6) is -1.20. The number of carbonyl (C=O) groups excluding carboxylic acids is 1. The van der Waals surface area contributed by atoms with Gasteiger partial charge in [0.05, 0.1) is 16.4 Å². The van der Waals surface area contributed by atoms with Gasteiger partial charge in [-0.15, -0.1) is 0 Å². The minimum atomic E-state index is -0.612. The molecule has 1 amide bonds. The van der Waals surface area contributed by atoms with E-state index >= 15 is 0 Å².